The second kappa shape index (κ2) is 6.97. The van der Waals surface area contributed by atoms with Crippen LogP contribution >= 0.6 is 0 Å². The Kier molecular flexibility index (Phi) is 4.37. The molecule has 0 radical (unpaired) electrons. The summed E-state index contributed by atoms with van der Waals surface area (Å²) in [7, 11) is 0. The lowest BCUT2D eigenvalue weighted by molar-refractivity contribution is -0.120. The molecule has 2 aromatic carbocycles. The van der Waals surface area contributed by atoms with Gasteiger partial charge in [-0.15, -0.1) is 0 Å². The molecule has 1 amide bonds. The zero-order valence-corrected chi connectivity index (χ0v) is 14.0. The molecule has 2 heterocycles. The molecule has 1 unspecified atom stereocenters. The smallest absolute Gasteiger partial charge is 0.226 e. The average molecular weight is 335 g/mol. The van der Waals surface area contributed by atoms with Crippen LogP contribution in [0.3, 0.4) is 0 Å². The molecule has 1 aliphatic rings. The van der Waals surface area contributed by atoms with Gasteiger partial charge >= 0.3 is 0 Å². The van der Waals surface area contributed by atoms with Gasteiger partial charge in [0, 0.05) is 30.2 Å². The van der Waals surface area contributed by atoms with Gasteiger partial charge < -0.3 is 14.7 Å². The van der Waals surface area contributed by atoms with Crippen LogP contribution in [0.1, 0.15) is 18.5 Å². The number of carbonyl (C=O) groups excluding carboxylic acids is 1. The third-order valence-corrected chi connectivity index (χ3v) is 4.78. The summed E-state index contributed by atoms with van der Waals surface area (Å²) in [5, 5.41) is 8.00. The monoisotopic (exact) mass is 335 g/mol. The van der Waals surface area contributed by atoms with E-state index in [9.17, 15) is 4.79 Å². The number of amides is 1. The predicted molar refractivity (Wildman–Crippen MR) is 97.5 cm³/mol. The minimum atomic E-state index is -0.0148. The molecule has 0 aliphatic carbocycles. The number of carbonyl (C=O) groups is 1. The lowest BCUT2D eigenvalue weighted by Gasteiger charge is -2.27. The average Bonchev–Trinajstić information content (AvgIpc) is 3.28. The van der Waals surface area contributed by atoms with Crippen LogP contribution < -0.4 is 10.2 Å². The lowest BCUT2D eigenvalue weighted by Crippen LogP contribution is -2.40. The maximum Gasteiger partial charge on any atom is 0.226 e. The van der Waals surface area contributed by atoms with Crippen LogP contribution in [-0.2, 0) is 11.2 Å². The fourth-order valence-corrected chi connectivity index (χ4v) is 3.52. The van der Waals surface area contributed by atoms with E-state index in [1.165, 1.54) is 5.69 Å². The third kappa shape index (κ3) is 3.36. The molecule has 25 heavy (non-hydrogen) atoms. The molecular weight excluding hydrogens is 314 g/mol. The summed E-state index contributed by atoms with van der Waals surface area (Å²) in [5.41, 5.74) is 2.64. The lowest BCUT2D eigenvalue weighted by atomic mass is 10.1. The van der Waals surface area contributed by atoms with E-state index in [4.69, 9.17) is 4.52 Å². The number of hydrogen-bond donors (Lipinski definition) is 1. The van der Waals surface area contributed by atoms with E-state index < -0.39 is 0 Å². The van der Waals surface area contributed by atoms with Gasteiger partial charge in [-0.2, -0.15) is 0 Å². The van der Waals surface area contributed by atoms with Crippen molar-refractivity contribution in [3.05, 3.63) is 60.3 Å². The summed E-state index contributed by atoms with van der Waals surface area (Å²) in [6.07, 6.45) is 2.50. The molecule has 0 saturated carbocycles. The Morgan fingerprint density at radius 2 is 1.96 bits per heavy atom. The van der Waals surface area contributed by atoms with Crippen LogP contribution in [0.4, 0.5) is 5.69 Å². The number of anilines is 1. The summed E-state index contributed by atoms with van der Waals surface area (Å²) in [5.74, 6) is -0.0148. The maximum absolute atomic E-state index is 12.3. The number of rotatable bonds is 5. The number of benzene rings is 2. The highest BCUT2D eigenvalue weighted by Crippen LogP contribution is 2.24. The minimum absolute atomic E-state index is 0.0148. The van der Waals surface area contributed by atoms with Gasteiger partial charge in [0.15, 0.2) is 5.58 Å². The molecule has 1 atom stereocenters. The van der Waals surface area contributed by atoms with Crippen molar-refractivity contribution in [2.45, 2.75) is 25.3 Å². The van der Waals surface area contributed by atoms with E-state index >= 15 is 0 Å². The van der Waals surface area contributed by atoms with Crippen LogP contribution in [0.5, 0.6) is 0 Å². The molecule has 128 valence electrons. The quantitative estimate of drug-likeness (QED) is 0.778. The Bertz CT molecular complexity index is 860. The van der Waals surface area contributed by atoms with Gasteiger partial charge in [0.2, 0.25) is 5.91 Å². The molecule has 5 nitrogen and oxygen atoms in total. The molecule has 3 aromatic rings. The number of nitrogens with one attached hydrogen (secondary N) is 1. The van der Waals surface area contributed by atoms with E-state index in [0.717, 1.165) is 30.4 Å². The number of hydrogen-bond acceptors (Lipinski definition) is 4. The van der Waals surface area contributed by atoms with Crippen LogP contribution in [-0.4, -0.2) is 30.2 Å². The van der Waals surface area contributed by atoms with Crippen molar-refractivity contribution < 1.29 is 9.32 Å². The van der Waals surface area contributed by atoms with Gasteiger partial charge in [-0.05, 0) is 37.1 Å². The van der Waals surface area contributed by atoms with Gasteiger partial charge in [0.1, 0.15) is 5.69 Å². The highest BCUT2D eigenvalue weighted by Gasteiger charge is 2.25. The molecule has 4 rings (SSSR count). The first-order valence-corrected chi connectivity index (χ1v) is 8.73. The van der Waals surface area contributed by atoms with Gasteiger partial charge in [0.05, 0.1) is 6.42 Å². The second-order valence-electron chi connectivity index (χ2n) is 6.43. The molecule has 5 heteroatoms. The zero-order chi connectivity index (χ0) is 17.1. The van der Waals surface area contributed by atoms with Gasteiger partial charge in [-0.3, -0.25) is 4.79 Å². The van der Waals surface area contributed by atoms with Crippen LogP contribution in [0.2, 0.25) is 0 Å². The van der Waals surface area contributed by atoms with Crippen molar-refractivity contribution >= 4 is 22.6 Å². The highest BCUT2D eigenvalue weighted by molar-refractivity contribution is 5.86. The largest absolute Gasteiger partial charge is 0.367 e. The molecule has 1 saturated heterocycles. The number of aromatic nitrogens is 1. The standard InChI is InChI=1S/C20H21N3O2/c24-20(13-18-17-10-4-5-11-19(17)25-22-18)21-14-16-9-6-12-23(16)15-7-2-1-3-8-15/h1-5,7-8,10-11,16H,6,9,12-14H2,(H,21,24). The van der Waals surface area contributed by atoms with E-state index in [-0.39, 0.29) is 12.3 Å². The molecule has 1 aliphatic heterocycles. The van der Waals surface area contributed by atoms with E-state index in [1.807, 2.05) is 30.3 Å². The van der Waals surface area contributed by atoms with Crippen molar-refractivity contribution in [3.63, 3.8) is 0 Å². The first kappa shape index (κ1) is 15.7. The normalized spacial score (nSPS) is 17.1. The summed E-state index contributed by atoms with van der Waals surface area (Å²) in [6, 6.07) is 18.4. The zero-order valence-electron chi connectivity index (χ0n) is 14.0. The Labute approximate surface area is 146 Å². The van der Waals surface area contributed by atoms with Crippen molar-refractivity contribution in [2.24, 2.45) is 0 Å². The van der Waals surface area contributed by atoms with Crippen molar-refractivity contribution in [1.29, 1.82) is 0 Å². The Hall–Kier alpha value is -2.82. The number of fused-ring (bicyclic) bond motifs is 1. The van der Waals surface area contributed by atoms with Crippen molar-refractivity contribution in [2.75, 3.05) is 18.0 Å². The van der Waals surface area contributed by atoms with Crippen LogP contribution in [0, 0.1) is 0 Å². The third-order valence-electron chi connectivity index (χ3n) is 4.78. The summed E-state index contributed by atoms with van der Waals surface area (Å²) in [6.45, 7) is 1.70. The molecule has 1 fully saturated rings. The summed E-state index contributed by atoms with van der Waals surface area (Å²) in [4.78, 5) is 14.7. The fraction of sp³-hybridized carbons (Fsp3) is 0.300. The number of nitrogens with zero attached hydrogens (tertiary/aromatic N) is 2. The number of para-hydroxylation sites is 2. The SMILES string of the molecule is O=C(Cc1noc2ccccc12)NCC1CCCN1c1ccccc1. The van der Waals surface area contributed by atoms with E-state index in [0.29, 0.717) is 18.3 Å². The molecule has 1 N–H and O–H groups in total. The molecule has 0 spiro atoms. The predicted octanol–water partition coefficient (Wildman–Crippen LogP) is 3.16. The minimum Gasteiger partial charge on any atom is -0.367 e. The van der Waals surface area contributed by atoms with Gasteiger partial charge in [0.25, 0.3) is 0 Å². The first-order chi connectivity index (χ1) is 12.3. The van der Waals surface area contributed by atoms with Crippen LogP contribution in [0.25, 0.3) is 11.0 Å². The Morgan fingerprint density at radius 3 is 2.84 bits per heavy atom. The van der Waals surface area contributed by atoms with Crippen LogP contribution in [0.15, 0.2) is 59.1 Å². The van der Waals surface area contributed by atoms with E-state index in [1.54, 1.807) is 0 Å². The Balaban J connectivity index is 1.37. The van der Waals surface area contributed by atoms with Crippen molar-refractivity contribution in [3.8, 4) is 0 Å². The van der Waals surface area contributed by atoms with Gasteiger partial charge in [-0.25, -0.2) is 0 Å². The van der Waals surface area contributed by atoms with Crippen molar-refractivity contribution in [1.82, 2.24) is 10.5 Å². The summed E-state index contributed by atoms with van der Waals surface area (Å²) >= 11 is 0. The fourth-order valence-electron chi connectivity index (χ4n) is 3.52. The van der Waals surface area contributed by atoms with Gasteiger partial charge in [-0.1, -0.05) is 35.5 Å². The Morgan fingerprint density at radius 1 is 1.16 bits per heavy atom. The van der Waals surface area contributed by atoms with E-state index in [2.05, 4.69) is 39.6 Å². The molecule has 1 aromatic heterocycles. The maximum atomic E-state index is 12.3. The summed E-state index contributed by atoms with van der Waals surface area (Å²) < 4.78 is 5.26. The highest BCUT2D eigenvalue weighted by atomic mass is 16.5. The topological polar surface area (TPSA) is 58.4 Å². The second-order valence-corrected chi connectivity index (χ2v) is 6.43. The molecular formula is C20H21N3O2. The molecule has 0 bridgehead atoms. The first-order valence-electron chi connectivity index (χ1n) is 8.73.